The molecule has 0 spiro atoms. The third kappa shape index (κ3) is 1.77. The van der Waals surface area contributed by atoms with Crippen molar-refractivity contribution in [3.05, 3.63) is 0 Å². The molecule has 0 aromatic heterocycles. The Labute approximate surface area is 78.5 Å². The highest BCUT2D eigenvalue weighted by atomic mass is 16.4. The molecule has 1 aliphatic carbocycles. The molecule has 1 fully saturated rings. The van der Waals surface area contributed by atoms with Gasteiger partial charge in [-0.2, -0.15) is 0 Å². The van der Waals surface area contributed by atoms with Crippen LogP contribution in [0.1, 0.15) is 27.2 Å². The average molecular weight is 186 g/mol. The summed E-state index contributed by atoms with van der Waals surface area (Å²) < 4.78 is 0. The number of rotatable bonds is 2. The second kappa shape index (κ2) is 3.18. The van der Waals surface area contributed by atoms with Crippen LogP contribution in [-0.2, 0) is 0 Å². The molecule has 0 unspecified atom stereocenters. The summed E-state index contributed by atoms with van der Waals surface area (Å²) in [6.07, 6.45) is -0.0852. The summed E-state index contributed by atoms with van der Waals surface area (Å²) in [7, 11) is 0. The van der Waals surface area contributed by atoms with E-state index in [1.807, 2.05) is 6.92 Å². The minimum atomic E-state index is -0.943. The standard InChI is InChI=1S/C9H18N2O2/c1-5(10)6-4-7(9(6,2)3)11-8(12)13/h5-7,11H,4,10H2,1-3H3,(H,12,13)/t5-,6+,7+/m0/s1. The molecule has 0 aromatic carbocycles. The predicted octanol–water partition coefficient (Wildman–Crippen LogP) is 1.02. The van der Waals surface area contributed by atoms with Crippen molar-refractivity contribution in [2.45, 2.75) is 39.3 Å². The van der Waals surface area contributed by atoms with Gasteiger partial charge < -0.3 is 16.2 Å². The van der Waals surface area contributed by atoms with Gasteiger partial charge in [0.2, 0.25) is 0 Å². The van der Waals surface area contributed by atoms with Crippen molar-refractivity contribution < 1.29 is 9.90 Å². The fourth-order valence-corrected chi connectivity index (χ4v) is 2.25. The maximum Gasteiger partial charge on any atom is 0.404 e. The molecule has 1 aliphatic rings. The van der Waals surface area contributed by atoms with Gasteiger partial charge in [-0.1, -0.05) is 13.8 Å². The fraction of sp³-hybridized carbons (Fsp3) is 0.889. The van der Waals surface area contributed by atoms with E-state index < -0.39 is 6.09 Å². The summed E-state index contributed by atoms with van der Waals surface area (Å²) >= 11 is 0. The summed E-state index contributed by atoms with van der Waals surface area (Å²) in [5, 5.41) is 11.1. The lowest BCUT2D eigenvalue weighted by molar-refractivity contribution is 0.00287. The summed E-state index contributed by atoms with van der Waals surface area (Å²) in [4.78, 5) is 10.4. The fourth-order valence-electron chi connectivity index (χ4n) is 2.25. The maximum absolute atomic E-state index is 10.4. The molecule has 4 N–H and O–H groups in total. The molecule has 0 radical (unpaired) electrons. The predicted molar refractivity (Wildman–Crippen MR) is 50.5 cm³/mol. The Morgan fingerprint density at radius 1 is 1.69 bits per heavy atom. The SMILES string of the molecule is C[C@H](N)[C@H]1C[C@@H](NC(=O)O)C1(C)C. The van der Waals surface area contributed by atoms with E-state index >= 15 is 0 Å². The van der Waals surface area contributed by atoms with E-state index in [4.69, 9.17) is 10.8 Å². The van der Waals surface area contributed by atoms with Gasteiger partial charge in [-0.15, -0.1) is 0 Å². The first-order chi connectivity index (χ1) is 5.85. The number of hydrogen-bond donors (Lipinski definition) is 3. The van der Waals surface area contributed by atoms with Gasteiger partial charge in [-0.3, -0.25) is 0 Å². The zero-order chi connectivity index (χ0) is 10.2. The first-order valence-electron chi connectivity index (χ1n) is 4.60. The van der Waals surface area contributed by atoms with Crippen LogP contribution < -0.4 is 11.1 Å². The third-order valence-electron chi connectivity index (χ3n) is 3.28. The summed E-state index contributed by atoms with van der Waals surface area (Å²) in [5.74, 6) is 0.421. The van der Waals surface area contributed by atoms with Gasteiger partial charge in [0.05, 0.1) is 0 Å². The monoisotopic (exact) mass is 186 g/mol. The Balaban J connectivity index is 2.54. The Hall–Kier alpha value is -0.770. The van der Waals surface area contributed by atoms with Gasteiger partial charge in [0.1, 0.15) is 0 Å². The van der Waals surface area contributed by atoms with Gasteiger partial charge in [-0.05, 0) is 24.7 Å². The van der Waals surface area contributed by atoms with Crippen LogP contribution in [-0.4, -0.2) is 23.3 Å². The van der Waals surface area contributed by atoms with Crippen LogP contribution >= 0.6 is 0 Å². The van der Waals surface area contributed by atoms with Gasteiger partial charge in [-0.25, -0.2) is 4.79 Å². The molecule has 1 saturated carbocycles. The number of carbonyl (C=O) groups is 1. The molecule has 0 saturated heterocycles. The van der Waals surface area contributed by atoms with Crippen molar-refractivity contribution in [1.82, 2.24) is 5.32 Å². The normalized spacial score (nSPS) is 33.2. The van der Waals surface area contributed by atoms with Crippen LogP contribution in [0.2, 0.25) is 0 Å². The van der Waals surface area contributed by atoms with Crippen LogP contribution in [0.4, 0.5) is 4.79 Å². The number of hydrogen-bond acceptors (Lipinski definition) is 2. The van der Waals surface area contributed by atoms with Crippen molar-refractivity contribution >= 4 is 6.09 Å². The summed E-state index contributed by atoms with van der Waals surface area (Å²) in [5.41, 5.74) is 5.78. The molecule has 0 aromatic rings. The van der Waals surface area contributed by atoms with E-state index in [0.717, 1.165) is 6.42 Å². The summed E-state index contributed by atoms with van der Waals surface area (Å²) in [6, 6.07) is 0.197. The Kier molecular flexibility index (Phi) is 2.52. The first kappa shape index (κ1) is 10.3. The second-order valence-corrected chi connectivity index (χ2v) is 4.52. The first-order valence-corrected chi connectivity index (χ1v) is 4.60. The van der Waals surface area contributed by atoms with E-state index in [2.05, 4.69) is 19.2 Å². The second-order valence-electron chi connectivity index (χ2n) is 4.52. The van der Waals surface area contributed by atoms with Crippen LogP contribution in [0, 0.1) is 11.3 Å². The number of nitrogens with one attached hydrogen (secondary N) is 1. The number of amides is 1. The summed E-state index contributed by atoms with van der Waals surface area (Å²) in [6.45, 7) is 6.10. The molecule has 4 heteroatoms. The van der Waals surface area contributed by atoms with E-state index in [-0.39, 0.29) is 17.5 Å². The lowest BCUT2D eigenvalue weighted by Crippen LogP contribution is -2.62. The van der Waals surface area contributed by atoms with Crippen molar-refractivity contribution in [3.8, 4) is 0 Å². The molecule has 1 rings (SSSR count). The molecule has 3 atom stereocenters. The van der Waals surface area contributed by atoms with Crippen molar-refractivity contribution in [2.75, 3.05) is 0 Å². The smallest absolute Gasteiger partial charge is 0.404 e. The molecule has 0 aliphatic heterocycles. The molecule has 0 bridgehead atoms. The zero-order valence-electron chi connectivity index (χ0n) is 8.37. The molecule has 13 heavy (non-hydrogen) atoms. The molecular weight excluding hydrogens is 168 g/mol. The number of carboxylic acid groups (broad SMARTS) is 1. The lowest BCUT2D eigenvalue weighted by atomic mass is 9.56. The zero-order valence-corrected chi connectivity index (χ0v) is 8.37. The quantitative estimate of drug-likeness (QED) is 0.602. The lowest BCUT2D eigenvalue weighted by Gasteiger charge is -2.53. The molecular formula is C9H18N2O2. The van der Waals surface area contributed by atoms with E-state index in [9.17, 15) is 4.79 Å². The van der Waals surface area contributed by atoms with Crippen molar-refractivity contribution in [1.29, 1.82) is 0 Å². The van der Waals surface area contributed by atoms with Crippen LogP contribution in [0.25, 0.3) is 0 Å². The molecule has 0 heterocycles. The van der Waals surface area contributed by atoms with E-state index in [0.29, 0.717) is 5.92 Å². The highest BCUT2D eigenvalue weighted by Crippen LogP contribution is 2.47. The highest BCUT2D eigenvalue weighted by Gasteiger charge is 2.50. The Morgan fingerprint density at radius 3 is 2.54 bits per heavy atom. The van der Waals surface area contributed by atoms with Crippen molar-refractivity contribution in [2.24, 2.45) is 17.1 Å². The minimum absolute atomic E-state index is 0.00738. The molecule has 1 amide bonds. The largest absolute Gasteiger partial charge is 0.465 e. The van der Waals surface area contributed by atoms with Gasteiger partial charge in [0.25, 0.3) is 0 Å². The van der Waals surface area contributed by atoms with Crippen molar-refractivity contribution in [3.63, 3.8) is 0 Å². The van der Waals surface area contributed by atoms with E-state index in [1.54, 1.807) is 0 Å². The average Bonchev–Trinajstić information content (AvgIpc) is 1.96. The molecule has 76 valence electrons. The van der Waals surface area contributed by atoms with Gasteiger partial charge in [0, 0.05) is 12.1 Å². The number of nitrogens with two attached hydrogens (primary N) is 1. The van der Waals surface area contributed by atoms with Crippen LogP contribution in [0.15, 0.2) is 0 Å². The van der Waals surface area contributed by atoms with Crippen LogP contribution in [0.3, 0.4) is 0 Å². The topological polar surface area (TPSA) is 75.3 Å². The Morgan fingerprint density at radius 2 is 2.23 bits per heavy atom. The van der Waals surface area contributed by atoms with Gasteiger partial charge in [0.15, 0.2) is 0 Å². The van der Waals surface area contributed by atoms with Gasteiger partial charge >= 0.3 is 6.09 Å². The minimum Gasteiger partial charge on any atom is -0.465 e. The maximum atomic E-state index is 10.4. The van der Waals surface area contributed by atoms with E-state index in [1.165, 1.54) is 0 Å². The molecule has 4 nitrogen and oxygen atoms in total. The van der Waals surface area contributed by atoms with Crippen LogP contribution in [0.5, 0.6) is 0 Å². The highest BCUT2D eigenvalue weighted by molar-refractivity contribution is 5.65. The Bertz CT molecular complexity index is 214. The third-order valence-corrected chi connectivity index (χ3v) is 3.28.